The minimum Gasteiger partial charge on any atom is -0.308 e. The second-order valence-electron chi connectivity index (χ2n) is 7.32. The monoisotopic (exact) mass is 420 g/mol. The SMILES string of the molecule is O=C(c1ccc(N2CCCS2(=O)=O)cc1)N(CCc1ccccc1)c1ccccc1. The van der Waals surface area contributed by atoms with Crippen molar-refractivity contribution in [3.8, 4) is 0 Å². The summed E-state index contributed by atoms with van der Waals surface area (Å²) >= 11 is 0. The average Bonchev–Trinajstić information content (AvgIpc) is 3.14. The van der Waals surface area contributed by atoms with E-state index in [2.05, 4.69) is 12.1 Å². The zero-order valence-corrected chi connectivity index (χ0v) is 17.5. The van der Waals surface area contributed by atoms with Crippen LogP contribution in [0.3, 0.4) is 0 Å². The molecule has 0 N–H and O–H groups in total. The summed E-state index contributed by atoms with van der Waals surface area (Å²) in [7, 11) is -3.23. The number of hydrogen-bond donors (Lipinski definition) is 0. The van der Waals surface area contributed by atoms with Crippen LogP contribution in [-0.2, 0) is 16.4 Å². The Bertz CT molecular complexity index is 1100. The van der Waals surface area contributed by atoms with Gasteiger partial charge in [-0.05, 0) is 54.8 Å². The van der Waals surface area contributed by atoms with Gasteiger partial charge in [0, 0.05) is 24.3 Å². The van der Waals surface area contributed by atoms with Crippen LogP contribution in [0.1, 0.15) is 22.3 Å². The highest BCUT2D eigenvalue weighted by Crippen LogP contribution is 2.25. The summed E-state index contributed by atoms with van der Waals surface area (Å²) in [6.07, 6.45) is 1.37. The molecule has 1 amide bonds. The molecule has 1 fully saturated rings. The molecule has 4 rings (SSSR count). The summed E-state index contributed by atoms with van der Waals surface area (Å²) < 4.78 is 25.7. The van der Waals surface area contributed by atoms with Gasteiger partial charge in [0.2, 0.25) is 10.0 Å². The summed E-state index contributed by atoms with van der Waals surface area (Å²) in [6.45, 7) is 1.04. The van der Waals surface area contributed by atoms with Crippen LogP contribution in [0, 0.1) is 0 Å². The summed E-state index contributed by atoms with van der Waals surface area (Å²) in [5.74, 6) is 0.0718. The molecule has 0 saturated carbocycles. The van der Waals surface area contributed by atoms with Gasteiger partial charge in [-0.25, -0.2) is 8.42 Å². The van der Waals surface area contributed by atoms with Crippen molar-refractivity contribution in [2.75, 3.05) is 28.0 Å². The fraction of sp³-hybridized carbons (Fsp3) is 0.208. The molecule has 1 heterocycles. The van der Waals surface area contributed by atoms with Crippen molar-refractivity contribution in [3.05, 3.63) is 96.1 Å². The molecule has 5 nitrogen and oxygen atoms in total. The zero-order valence-electron chi connectivity index (χ0n) is 16.6. The number of sulfonamides is 1. The van der Waals surface area contributed by atoms with Crippen LogP contribution in [-0.4, -0.2) is 33.2 Å². The number of anilines is 2. The van der Waals surface area contributed by atoms with Crippen LogP contribution in [0.5, 0.6) is 0 Å². The molecule has 1 saturated heterocycles. The molecule has 1 aliphatic rings. The van der Waals surface area contributed by atoms with Crippen molar-refractivity contribution in [1.82, 2.24) is 0 Å². The Morgan fingerprint density at radius 3 is 2.10 bits per heavy atom. The Morgan fingerprint density at radius 2 is 1.50 bits per heavy atom. The molecule has 1 aliphatic heterocycles. The fourth-order valence-corrected chi connectivity index (χ4v) is 5.26. The smallest absolute Gasteiger partial charge is 0.258 e. The second-order valence-corrected chi connectivity index (χ2v) is 9.33. The molecule has 0 spiro atoms. The molecule has 0 unspecified atom stereocenters. The highest BCUT2D eigenvalue weighted by molar-refractivity contribution is 7.93. The molecule has 0 aliphatic carbocycles. The van der Waals surface area contributed by atoms with E-state index in [0.29, 0.717) is 30.8 Å². The van der Waals surface area contributed by atoms with Crippen molar-refractivity contribution in [3.63, 3.8) is 0 Å². The molecule has 6 heteroatoms. The standard InChI is InChI=1S/C24H24N2O3S/c27-24(21-12-14-23(15-13-21)26-17-7-19-30(26,28)29)25(22-10-5-2-6-11-22)18-16-20-8-3-1-4-9-20/h1-6,8-15H,7,16-19H2. The maximum absolute atomic E-state index is 13.3. The number of para-hydroxylation sites is 1. The average molecular weight is 421 g/mol. The molecule has 3 aromatic carbocycles. The molecule has 0 atom stereocenters. The Hall–Kier alpha value is -3.12. The minimum atomic E-state index is -3.23. The molecule has 0 bridgehead atoms. The molecule has 3 aromatic rings. The van der Waals surface area contributed by atoms with Gasteiger partial charge in [0.05, 0.1) is 11.4 Å². The van der Waals surface area contributed by atoms with Gasteiger partial charge in [0.25, 0.3) is 5.91 Å². The van der Waals surface area contributed by atoms with Crippen LogP contribution in [0.2, 0.25) is 0 Å². The molecule has 30 heavy (non-hydrogen) atoms. The van der Waals surface area contributed by atoms with Crippen LogP contribution in [0.25, 0.3) is 0 Å². The summed E-state index contributed by atoms with van der Waals surface area (Å²) in [5, 5.41) is 0. The van der Waals surface area contributed by atoms with E-state index in [-0.39, 0.29) is 11.7 Å². The third-order valence-electron chi connectivity index (χ3n) is 5.28. The first kappa shape index (κ1) is 20.2. The lowest BCUT2D eigenvalue weighted by Gasteiger charge is -2.24. The van der Waals surface area contributed by atoms with Crippen molar-refractivity contribution in [2.45, 2.75) is 12.8 Å². The third kappa shape index (κ3) is 4.39. The van der Waals surface area contributed by atoms with Crippen molar-refractivity contribution in [1.29, 1.82) is 0 Å². The largest absolute Gasteiger partial charge is 0.308 e. The third-order valence-corrected chi connectivity index (χ3v) is 7.15. The van der Waals surface area contributed by atoms with E-state index >= 15 is 0 Å². The van der Waals surface area contributed by atoms with Gasteiger partial charge in [-0.3, -0.25) is 9.10 Å². The van der Waals surface area contributed by atoms with E-state index in [9.17, 15) is 13.2 Å². The van der Waals surface area contributed by atoms with Gasteiger partial charge in [-0.15, -0.1) is 0 Å². The van der Waals surface area contributed by atoms with Gasteiger partial charge in [0.1, 0.15) is 0 Å². The van der Waals surface area contributed by atoms with Gasteiger partial charge in [-0.2, -0.15) is 0 Å². The molecule has 0 radical (unpaired) electrons. The molecule has 0 aromatic heterocycles. The Kier molecular flexibility index (Phi) is 5.86. The van der Waals surface area contributed by atoms with Crippen LogP contribution in [0.15, 0.2) is 84.9 Å². The highest BCUT2D eigenvalue weighted by Gasteiger charge is 2.28. The predicted octanol–water partition coefficient (Wildman–Crippen LogP) is 4.12. The lowest BCUT2D eigenvalue weighted by molar-refractivity contribution is 0.0987. The van der Waals surface area contributed by atoms with E-state index in [4.69, 9.17) is 0 Å². The summed E-state index contributed by atoms with van der Waals surface area (Å²) in [5.41, 5.74) is 3.15. The maximum atomic E-state index is 13.3. The van der Waals surface area contributed by atoms with Crippen molar-refractivity contribution < 1.29 is 13.2 Å². The number of carbonyl (C=O) groups excluding carboxylic acids is 1. The number of benzene rings is 3. The van der Waals surface area contributed by atoms with Crippen molar-refractivity contribution in [2.24, 2.45) is 0 Å². The van der Waals surface area contributed by atoms with E-state index in [1.54, 1.807) is 29.2 Å². The Morgan fingerprint density at radius 1 is 0.867 bits per heavy atom. The number of amides is 1. The van der Waals surface area contributed by atoms with Crippen LogP contribution in [0.4, 0.5) is 11.4 Å². The molecular formula is C24H24N2O3S. The zero-order chi connectivity index (χ0) is 21.0. The first-order valence-corrected chi connectivity index (χ1v) is 11.7. The van der Waals surface area contributed by atoms with Gasteiger partial charge >= 0.3 is 0 Å². The summed E-state index contributed by atoms with van der Waals surface area (Å²) in [6, 6.07) is 26.5. The molecule has 154 valence electrons. The quantitative estimate of drug-likeness (QED) is 0.603. The lowest BCUT2D eigenvalue weighted by Crippen LogP contribution is -2.33. The number of nitrogens with zero attached hydrogens (tertiary/aromatic N) is 2. The highest BCUT2D eigenvalue weighted by atomic mass is 32.2. The van der Waals surface area contributed by atoms with E-state index in [0.717, 1.165) is 12.1 Å². The first-order valence-electron chi connectivity index (χ1n) is 10.1. The van der Waals surface area contributed by atoms with Gasteiger partial charge in [0.15, 0.2) is 0 Å². The van der Waals surface area contributed by atoms with E-state index in [1.807, 2.05) is 48.5 Å². The maximum Gasteiger partial charge on any atom is 0.258 e. The number of rotatable bonds is 6. The Labute approximate surface area is 177 Å². The second kappa shape index (κ2) is 8.71. The van der Waals surface area contributed by atoms with Crippen LogP contribution >= 0.6 is 0 Å². The molecular weight excluding hydrogens is 396 g/mol. The first-order chi connectivity index (χ1) is 14.5. The number of hydrogen-bond acceptors (Lipinski definition) is 3. The number of carbonyl (C=O) groups is 1. The summed E-state index contributed by atoms with van der Waals surface area (Å²) in [4.78, 5) is 15.1. The fourth-order valence-electron chi connectivity index (χ4n) is 3.70. The normalized spacial score (nSPS) is 15.1. The van der Waals surface area contributed by atoms with Crippen LogP contribution < -0.4 is 9.21 Å². The van der Waals surface area contributed by atoms with Crippen molar-refractivity contribution >= 4 is 27.3 Å². The van der Waals surface area contributed by atoms with E-state index in [1.165, 1.54) is 9.87 Å². The Balaban J connectivity index is 1.56. The topological polar surface area (TPSA) is 57.7 Å². The minimum absolute atomic E-state index is 0.104. The predicted molar refractivity (Wildman–Crippen MR) is 120 cm³/mol. The lowest BCUT2D eigenvalue weighted by atomic mass is 10.1. The van der Waals surface area contributed by atoms with Gasteiger partial charge < -0.3 is 4.90 Å². The van der Waals surface area contributed by atoms with E-state index < -0.39 is 10.0 Å². The van der Waals surface area contributed by atoms with Gasteiger partial charge in [-0.1, -0.05) is 48.5 Å².